The SMILES string of the molecule is NC(=O)COc1ccc([C@H]2CC(=O)Nc3c2sc(C(=O)O)c3-c2ccc(F)cc2)cc1. The predicted molar refractivity (Wildman–Crippen MR) is 113 cm³/mol. The van der Waals surface area contributed by atoms with Gasteiger partial charge in [-0.3, -0.25) is 9.59 Å². The van der Waals surface area contributed by atoms with E-state index in [4.69, 9.17) is 10.5 Å². The molecule has 0 radical (unpaired) electrons. The van der Waals surface area contributed by atoms with Crippen LogP contribution in [0.3, 0.4) is 0 Å². The highest BCUT2D eigenvalue weighted by Gasteiger charge is 2.34. The summed E-state index contributed by atoms with van der Waals surface area (Å²) in [5, 5.41) is 12.6. The summed E-state index contributed by atoms with van der Waals surface area (Å²) in [4.78, 5) is 36.1. The molecular weight excluding hydrogens is 423 g/mol. The summed E-state index contributed by atoms with van der Waals surface area (Å²) >= 11 is 1.09. The van der Waals surface area contributed by atoms with E-state index in [1.807, 2.05) is 0 Å². The van der Waals surface area contributed by atoms with Crippen LogP contribution < -0.4 is 15.8 Å². The molecule has 2 amide bonds. The van der Waals surface area contributed by atoms with Crippen LogP contribution >= 0.6 is 11.3 Å². The molecule has 1 aromatic heterocycles. The van der Waals surface area contributed by atoms with E-state index in [9.17, 15) is 23.9 Å². The minimum atomic E-state index is -1.12. The Labute approximate surface area is 180 Å². The highest BCUT2D eigenvalue weighted by Crippen LogP contribution is 2.49. The summed E-state index contributed by atoms with van der Waals surface area (Å²) < 4.78 is 18.6. The first-order valence-electron chi connectivity index (χ1n) is 9.30. The lowest BCUT2D eigenvalue weighted by molar-refractivity contribution is -0.120. The average Bonchev–Trinajstić information content (AvgIpc) is 3.12. The van der Waals surface area contributed by atoms with Crippen molar-refractivity contribution in [2.75, 3.05) is 11.9 Å². The molecule has 0 aliphatic carbocycles. The van der Waals surface area contributed by atoms with Crippen molar-refractivity contribution >= 4 is 34.8 Å². The molecule has 0 saturated heterocycles. The normalized spacial score (nSPS) is 15.1. The number of hydrogen-bond acceptors (Lipinski definition) is 5. The van der Waals surface area contributed by atoms with Gasteiger partial charge in [-0.25, -0.2) is 9.18 Å². The van der Waals surface area contributed by atoms with Crippen LogP contribution in [0.15, 0.2) is 48.5 Å². The zero-order valence-electron chi connectivity index (χ0n) is 16.1. The quantitative estimate of drug-likeness (QED) is 0.541. The number of carboxylic acid groups (broad SMARTS) is 1. The number of ether oxygens (including phenoxy) is 1. The maximum absolute atomic E-state index is 13.4. The standard InChI is InChI=1S/C22H17FN2O5S/c23-13-5-1-12(2-6-13)18-19-20(31-21(18)22(28)29)15(9-17(27)25-19)11-3-7-14(8-4-11)30-10-16(24)26/h1-8,15H,9-10H2,(H2,24,26)(H,25,27)(H,28,29)/t15-/m1/s1. The molecule has 2 heterocycles. The van der Waals surface area contributed by atoms with Crippen LogP contribution in [-0.2, 0) is 9.59 Å². The number of nitrogens with two attached hydrogens (primary N) is 1. The van der Waals surface area contributed by atoms with Crippen molar-refractivity contribution in [3.05, 3.63) is 69.7 Å². The number of amides is 2. The molecule has 1 aliphatic heterocycles. The molecule has 0 saturated carbocycles. The fraction of sp³-hybridized carbons (Fsp3) is 0.136. The number of anilines is 1. The number of halogens is 1. The van der Waals surface area contributed by atoms with E-state index in [-0.39, 0.29) is 29.7 Å². The molecule has 4 rings (SSSR count). The first-order chi connectivity index (χ1) is 14.8. The molecule has 1 atom stereocenters. The van der Waals surface area contributed by atoms with Gasteiger partial charge in [0.25, 0.3) is 5.91 Å². The highest BCUT2D eigenvalue weighted by molar-refractivity contribution is 7.15. The topological polar surface area (TPSA) is 119 Å². The lowest BCUT2D eigenvalue weighted by Crippen LogP contribution is -2.22. The Bertz CT molecular complexity index is 1170. The van der Waals surface area contributed by atoms with Crippen molar-refractivity contribution in [1.82, 2.24) is 0 Å². The van der Waals surface area contributed by atoms with Gasteiger partial charge in [0.2, 0.25) is 5.91 Å². The number of aromatic carboxylic acids is 1. The number of carbonyl (C=O) groups is 3. The van der Waals surface area contributed by atoms with Crippen LogP contribution in [0.25, 0.3) is 11.1 Å². The molecular formula is C22H17FN2O5S. The predicted octanol–water partition coefficient (Wildman–Crippen LogP) is 3.59. The molecule has 0 unspecified atom stereocenters. The van der Waals surface area contributed by atoms with E-state index in [1.54, 1.807) is 24.3 Å². The molecule has 9 heteroatoms. The minimum absolute atomic E-state index is 0.0743. The molecule has 31 heavy (non-hydrogen) atoms. The van der Waals surface area contributed by atoms with Crippen molar-refractivity contribution in [1.29, 1.82) is 0 Å². The van der Waals surface area contributed by atoms with E-state index in [0.29, 0.717) is 27.4 Å². The largest absolute Gasteiger partial charge is 0.484 e. The Balaban J connectivity index is 1.77. The fourth-order valence-corrected chi connectivity index (χ4v) is 4.80. The van der Waals surface area contributed by atoms with Gasteiger partial charge in [0.15, 0.2) is 6.61 Å². The molecule has 2 aromatic carbocycles. The van der Waals surface area contributed by atoms with E-state index in [1.165, 1.54) is 24.3 Å². The monoisotopic (exact) mass is 440 g/mol. The third-order valence-corrected chi connectivity index (χ3v) is 6.19. The molecule has 4 N–H and O–H groups in total. The second-order valence-electron chi connectivity index (χ2n) is 6.99. The summed E-state index contributed by atoms with van der Waals surface area (Å²) in [5.41, 5.74) is 7.18. The fourth-order valence-electron chi connectivity index (χ4n) is 3.55. The summed E-state index contributed by atoms with van der Waals surface area (Å²) in [6.45, 7) is -0.247. The number of fused-ring (bicyclic) bond motifs is 1. The lowest BCUT2D eigenvalue weighted by atomic mass is 9.88. The van der Waals surface area contributed by atoms with E-state index in [2.05, 4.69) is 5.32 Å². The number of hydrogen-bond donors (Lipinski definition) is 3. The van der Waals surface area contributed by atoms with Gasteiger partial charge in [0, 0.05) is 22.8 Å². The van der Waals surface area contributed by atoms with Gasteiger partial charge < -0.3 is 20.9 Å². The van der Waals surface area contributed by atoms with E-state index in [0.717, 1.165) is 16.9 Å². The van der Waals surface area contributed by atoms with Crippen LogP contribution in [-0.4, -0.2) is 29.5 Å². The highest BCUT2D eigenvalue weighted by atomic mass is 32.1. The number of rotatable bonds is 6. The molecule has 0 bridgehead atoms. The molecule has 7 nitrogen and oxygen atoms in total. The summed E-state index contributed by atoms with van der Waals surface area (Å²) in [6.07, 6.45) is 0.150. The third-order valence-electron chi connectivity index (χ3n) is 4.90. The van der Waals surface area contributed by atoms with Gasteiger partial charge in [0.1, 0.15) is 16.4 Å². The number of benzene rings is 2. The van der Waals surface area contributed by atoms with Crippen molar-refractivity contribution < 1.29 is 28.6 Å². The van der Waals surface area contributed by atoms with Gasteiger partial charge in [0.05, 0.1) is 5.69 Å². The van der Waals surface area contributed by atoms with E-state index < -0.39 is 17.7 Å². The van der Waals surface area contributed by atoms with Crippen molar-refractivity contribution in [3.63, 3.8) is 0 Å². The second-order valence-corrected chi connectivity index (χ2v) is 8.04. The van der Waals surface area contributed by atoms with Gasteiger partial charge in [-0.05, 0) is 35.4 Å². The number of thiophene rings is 1. The summed E-state index contributed by atoms with van der Waals surface area (Å²) in [7, 11) is 0. The second kappa shape index (κ2) is 8.19. The minimum Gasteiger partial charge on any atom is -0.484 e. The molecule has 0 fully saturated rings. The number of carbonyl (C=O) groups excluding carboxylic acids is 2. The van der Waals surface area contributed by atoms with Crippen LogP contribution in [0.1, 0.15) is 32.5 Å². The Kier molecular flexibility index (Phi) is 5.43. The summed E-state index contributed by atoms with van der Waals surface area (Å²) in [6, 6.07) is 12.3. The molecule has 1 aliphatic rings. The van der Waals surface area contributed by atoms with Gasteiger partial charge in [-0.2, -0.15) is 0 Å². The number of carboxylic acids is 1. The Morgan fingerprint density at radius 1 is 1.16 bits per heavy atom. The van der Waals surface area contributed by atoms with Crippen LogP contribution in [0, 0.1) is 5.82 Å². The Morgan fingerprint density at radius 3 is 2.45 bits per heavy atom. The smallest absolute Gasteiger partial charge is 0.346 e. The first-order valence-corrected chi connectivity index (χ1v) is 10.1. The zero-order valence-corrected chi connectivity index (χ0v) is 16.9. The zero-order chi connectivity index (χ0) is 22.1. The van der Waals surface area contributed by atoms with E-state index >= 15 is 0 Å². The van der Waals surface area contributed by atoms with Gasteiger partial charge >= 0.3 is 5.97 Å². The number of primary amides is 1. The number of nitrogens with one attached hydrogen (secondary N) is 1. The van der Waals surface area contributed by atoms with Crippen LogP contribution in [0.2, 0.25) is 0 Å². The van der Waals surface area contributed by atoms with Crippen molar-refractivity contribution in [3.8, 4) is 16.9 Å². The molecule has 3 aromatic rings. The van der Waals surface area contributed by atoms with Gasteiger partial charge in [-0.15, -0.1) is 11.3 Å². The van der Waals surface area contributed by atoms with Crippen molar-refractivity contribution in [2.45, 2.75) is 12.3 Å². The Morgan fingerprint density at radius 2 is 1.84 bits per heavy atom. The Hall–Kier alpha value is -3.72. The maximum Gasteiger partial charge on any atom is 0.346 e. The van der Waals surface area contributed by atoms with Gasteiger partial charge in [-0.1, -0.05) is 24.3 Å². The third kappa shape index (κ3) is 4.13. The van der Waals surface area contributed by atoms with Crippen molar-refractivity contribution in [2.24, 2.45) is 5.73 Å². The molecule has 0 spiro atoms. The summed E-state index contributed by atoms with van der Waals surface area (Å²) in [5.74, 6) is -2.30. The maximum atomic E-state index is 13.4. The van der Waals surface area contributed by atoms with Crippen LogP contribution in [0.5, 0.6) is 5.75 Å². The lowest BCUT2D eigenvalue weighted by Gasteiger charge is -2.24. The van der Waals surface area contributed by atoms with Crippen LogP contribution in [0.4, 0.5) is 10.1 Å². The average molecular weight is 440 g/mol. The molecule has 158 valence electrons. The first kappa shape index (κ1) is 20.5.